The van der Waals surface area contributed by atoms with Crippen LogP contribution in [0.15, 0.2) is 18.2 Å². The van der Waals surface area contributed by atoms with Crippen LogP contribution in [0, 0.1) is 0 Å². The van der Waals surface area contributed by atoms with Gasteiger partial charge in [-0.1, -0.05) is 11.6 Å². The first-order valence-electron chi connectivity index (χ1n) is 5.19. The molecular weight excluding hydrogens is 244 g/mol. The van der Waals surface area contributed by atoms with Crippen molar-refractivity contribution < 1.29 is 14.6 Å². The Hall–Kier alpha value is -1.30. The monoisotopic (exact) mass is 258 g/mol. The molecule has 0 spiro atoms. The Labute approximate surface area is 105 Å². The summed E-state index contributed by atoms with van der Waals surface area (Å²) in [4.78, 5) is 11.3. The maximum absolute atomic E-state index is 11.3. The molecule has 1 atom stereocenters. The maximum Gasteiger partial charge on any atom is 0.254 e. The first-order chi connectivity index (χ1) is 8.08. The van der Waals surface area contributed by atoms with Crippen molar-refractivity contribution >= 4 is 23.2 Å². The molecule has 17 heavy (non-hydrogen) atoms. The molecule has 4 N–H and O–H groups in total. The molecule has 1 amide bonds. The lowest BCUT2D eigenvalue weighted by Crippen LogP contribution is -2.34. The minimum absolute atomic E-state index is 0.128. The van der Waals surface area contributed by atoms with Crippen molar-refractivity contribution in [1.82, 2.24) is 0 Å². The van der Waals surface area contributed by atoms with Crippen molar-refractivity contribution in [3.05, 3.63) is 23.2 Å². The number of ether oxygens (including phenoxy) is 1. The van der Waals surface area contributed by atoms with E-state index in [-0.39, 0.29) is 6.54 Å². The summed E-state index contributed by atoms with van der Waals surface area (Å²) in [6.07, 6.45) is -1.22. The highest BCUT2D eigenvalue weighted by atomic mass is 35.5. The van der Waals surface area contributed by atoms with Crippen LogP contribution < -0.4 is 15.8 Å². The van der Waals surface area contributed by atoms with Gasteiger partial charge in [-0.3, -0.25) is 4.79 Å². The van der Waals surface area contributed by atoms with E-state index >= 15 is 0 Å². The number of anilines is 1. The quantitative estimate of drug-likeness (QED) is 0.736. The van der Waals surface area contributed by atoms with Crippen LogP contribution in [0.2, 0.25) is 5.02 Å². The van der Waals surface area contributed by atoms with Crippen LogP contribution >= 0.6 is 11.6 Å². The number of amides is 1. The van der Waals surface area contributed by atoms with Gasteiger partial charge in [-0.25, -0.2) is 0 Å². The lowest BCUT2D eigenvalue weighted by molar-refractivity contribution is -0.123. The summed E-state index contributed by atoms with van der Waals surface area (Å²) in [6, 6.07) is 4.84. The molecule has 0 aliphatic rings. The second-order valence-corrected chi connectivity index (χ2v) is 3.73. The minimum Gasteiger partial charge on any atom is -0.492 e. The molecule has 0 aromatic heterocycles. The topological polar surface area (TPSA) is 84.6 Å². The molecule has 1 rings (SSSR count). The van der Waals surface area contributed by atoms with E-state index in [1.54, 1.807) is 18.2 Å². The Balaban J connectivity index is 2.73. The SMILES string of the molecule is CCOc1ccc(NC(=O)C(O)CN)cc1Cl. The molecule has 1 unspecified atom stereocenters. The summed E-state index contributed by atoms with van der Waals surface area (Å²) in [6.45, 7) is 2.23. The number of carbonyl (C=O) groups is 1. The number of rotatable bonds is 5. The minimum atomic E-state index is -1.22. The van der Waals surface area contributed by atoms with Gasteiger partial charge in [-0.05, 0) is 25.1 Å². The molecular formula is C11H15ClN2O3. The average molecular weight is 259 g/mol. The summed E-state index contributed by atoms with van der Waals surface area (Å²) < 4.78 is 5.25. The molecule has 0 radical (unpaired) electrons. The molecule has 1 aromatic rings. The summed E-state index contributed by atoms with van der Waals surface area (Å²) >= 11 is 5.94. The number of aliphatic hydroxyl groups is 1. The third-order valence-electron chi connectivity index (χ3n) is 2.03. The second-order valence-electron chi connectivity index (χ2n) is 3.32. The zero-order chi connectivity index (χ0) is 12.8. The van der Waals surface area contributed by atoms with E-state index < -0.39 is 12.0 Å². The second kappa shape index (κ2) is 6.44. The number of nitrogens with two attached hydrogens (primary N) is 1. The lowest BCUT2D eigenvalue weighted by Gasteiger charge is -2.11. The zero-order valence-corrected chi connectivity index (χ0v) is 10.2. The predicted octanol–water partition coefficient (Wildman–Crippen LogP) is 0.997. The smallest absolute Gasteiger partial charge is 0.254 e. The lowest BCUT2D eigenvalue weighted by atomic mass is 10.2. The van der Waals surface area contributed by atoms with E-state index in [9.17, 15) is 9.90 Å². The van der Waals surface area contributed by atoms with Gasteiger partial charge in [0.15, 0.2) is 0 Å². The van der Waals surface area contributed by atoms with Gasteiger partial charge in [0.25, 0.3) is 5.91 Å². The number of nitrogens with one attached hydrogen (secondary N) is 1. The van der Waals surface area contributed by atoms with Crippen LogP contribution in [0.1, 0.15) is 6.92 Å². The van der Waals surface area contributed by atoms with Gasteiger partial charge in [0.2, 0.25) is 0 Å². The van der Waals surface area contributed by atoms with Gasteiger partial charge < -0.3 is 20.9 Å². The van der Waals surface area contributed by atoms with Crippen LogP contribution in [0.4, 0.5) is 5.69 Å². The van der Waals surface area contributed by atoms with Crippen LogP contribution in [-0.4, -0.2) is 30.3 Å². The van der Waals surface area contributed by atoms with Crippen molar-refractivity contribution in [3.8, 4) is 5.75 Å². The van der Waals surface area contributed by atoms with Crippen LogP contribution in [0.5, 0.6) is 5.75 Å². The molecule has 0 fully saturated rings. The van der Waals surface area contributed by atoms with Crippen LogP contribution in [0.3, 0.4) is 0 Å². The largest absolute Gasteiger partial charge is 0.492 e. The third-order valence-corrected chi connectivity index (χ3v) is 2.32. The number of aliphatic hydroxyl groups excluding tert-OH is 1. The van der Waals surface area contributed by atoms with Crippen molar-refractivity contribution in [1.29, 1.82) is 0 Å². The standard InChI is InChI=1S/C11H15ClN2O3/c1-2-17-10-4-3-7(5-8(10)12)14-11(16)9(15)6-13/h3-5,9,15H,2,6,13H2,1H3,(H,14,16). The molecule has 0 heterocycles. The van der Waals surface area contributed by atoms with E-state index in [1.807, 2.05) is 6.92 Å². The Kier molecular flexibility index (Phi) is 5.21. The molecule has 0 bridgehead atoms. The van der Waals surface area contributed by atoms with Crippen molar-refractivity contribution in [3.63, 3.8) is 0 Å². The van der Waals surface area contributed by atoms with Crippen molar-refractivity contribution in [2.24, 2.45) is 5.73 Å². The number of hydrogen-bond donors (Lipinski definition) is 3. The molecule has 0 saturated heterocycles. The van der Waals surface area contributed by atoms with Gasteiger partial charge in [0, 0.05) is 12.2 Å². The molecule has 0 aliphatic carbocycles. The van der Waals surface area contributed by atoms with Gasteiger partial charge in [0.05, 0.1) is 11.6 Å². The Morgan fingerprint density at radius 1 is 1.65 bits per heavy atom. The van der Waals surface area contributed by atoms with E-state index in [4.69, 9.17) is 22.1 Å². The van der Waals surface area contributed by atoms with Gasteiger partial charge >= 0.3 is 0 Å². The fraction of sp³-hybridized carbons (Fsp3) is 0.364. The Bertz CT molecular complexity index is 398. The number of halogens is 1. The predicted molar refractivity (Wildman–Crippen MR) is 66.3 cm³/mol. The molecule has 5 nitrogen and oxygen atoms in total. The number of benzene rings is 1. The molecule has 6 heteroatoms. The molecule has 1 aromatic carbocycles. The number of carbonyl (C=O) groups excluding carboxylic acids is 1. The normalized spacial score (nSPS) is 12.0. The fourth-order valence-corrected chi connectivity index (χ4v) is 1.42. The van der Waals surface area contributed by atoms with Gasteiger partial charge in [0.1, 0.15) is 11.9 Å². The summed E-state index contributed by atoms with van der Waals surface area (Å²) in [5.41, 5.74) is 5.65. The fourth-order valence-electron chi connectivity index (χ4n) is 1.18. The first kappa shape index (κ1) is 13.8. The highest BCUT2D eigenvalue weighted by Gasteiger charge is 2.13. The summed E-state index contributed by atoms with van der Waals surface area (Å²) in [5.74, 6) is -0.0146. The highest BCUT2D eigenvalue weighted by molar-refractivity contribution is 6.32. The summed E-state index contributed by atoms with van der Waals surface area (Å²) in [7, 11) is 0. The molecule has 0 aliphatic heterocycles. The summed E-state index contributed by atoms with van der Waals surface area (Å²) in [5, 5.41) is 12.1. The Morgan fingerprint density at radius 2 is 2.35 bits per heavy atom. The molecule has 0 saturated carbocycles. The van der Waals surface area contributed by atoms with Gasteiger partial charge in [-0.15, -0.1) is 0 Å². The maximum atomic E-state index is 11.3. The van der Waals surface area contributed by atoms with E-state index in [1.165, 1.54) is 0 Å². The van der Waals surface area contributed by atoms with E-state index in [0.717, 1.165) is 0 Å². The number of hydrogen-bond acceptors (Lipinski definition) is 4. The Morgan fingerprint density at radius 3 is 2.88 bits per heavy atom. The third kappa shape index (κ3) is 3.89. The van der Waals surface area contributed by atoms with Crippen LogP contribution in [-0.2, 0) is 4.79 Å². The molecule has 94 valence electrons. The van der Waals surface area contributed by atoms with E-state index in [0.29, 0.717) is 23.1 Å². The highest BCUT2D eigenvalue weighted by Crippen LogP contribution is 2.27. The van der Waals surface area contributed by atoms with Crippen LogP contribution in [0.25, 0.3) is 0 Å². The average Bonchev–Trinajstić information content (AvgIpc) is 2.31. The van der Waals surface area contributed by atoms with Crippen molar-refractivity contribution in [2.75, 3.05) is 18.5 Å². The zero-order valence-electron chi connectivity index (χ0n) is 9.44. The van der Waals surface area contributed by atoms with E-state index in [2.05, 4.69) is 5.32 Å². The first-order valence-corrected chi connectivity index (χ1v) is 5.57. The van der Waals surface area contributed by atoms with Gasteiger partial charge in [-0.2, -0.15) is 0 Å². The van der Waals surface area contributed by atoms with Crippen molar-refractivity contribution in [2.45, 2.75) is 13.0 Å².